The summed E-state index contributed by atoms with van der Waals surface area (Å²) in [5.41, 5.74) is -0.629. The minimum absolute atomic E-state index is 0.0327. The molecule has 1 saturated carbocycles. The van der Waals surface area contributed by atoms with E-state index in [1.807, 2.05) is 0 Å². The number of aliphatic hydroxyl groups excluding tert-OH is 1. The topological polar surface area (TPSA) is 49.3 Å². The summed E-state index contributed by atoms with van der Waals surface area (Å²) in [5, 5.41) is 11.8. The first kappa shape index (κ1) is 9.52. The van der Waals surface area contributed by atoms with Gasteiger partial charge in [-0.1, -0.05) is 0 Å². The molecule has 1 rings (SSSR count). The molecule has 0 bridgehead atoms. The quantitative estimate of drug-likeness (QED) is 0.656. The maximum atomic E-state index is 11.4. The Labute approximate surface area is 73.2 Å². The Morgan fingerprint density at radius 3 is 2.50 bits per heavy atom. The summed E-state index contributed by atoms with van der Waals surface area (Å²) >= 11 is 0. The Kier molecular flexibility index (Phi) is 2.73. The predicted octanol–water partition coefficient (Wildman–Crippen LogP) is 0.674. The summed E-state index contributed by atoms with van der Waals surface area (Å²) in [5.74, 6) is -0.0327. The van der Waals surface area contributed by atoms with Crippen LogP contribution in [0.1, 0.15) is 33.1 Å². The van der Waals surface area contributed by atoms with Gasteiger partial charge in [0.15, 0.2) is 0 Å². The highest BCUT2D eigenvalue weighted by molar-refractivity contribution is 5.82. The van der Waals surface area contributed by atoms with E-state index in [0.717, 1.165) is 12.8 Å². The summed E-state index contributed by atoms with van der Waals surface area (Å²) in [6.07, 6.45) is 3.39. The third-order valence-corrected chi connectivity index (χ3v) is 2.45. The van der Waals surface area contributed by atoms with Crippen molar-refractivity contribution in [2.75, 3.05) is 6.61 Å². The van der Waals surface area contributed by atoms with Crippen molar-refractivity contribution in [2.24, 2.45) is 5.41 Å². The lowest BCUT2D eigenvalue weighted by atomic mass is 9.89. The molecule has 0 unspecified atom stereocenters. The Morgan fingerprint density at radius 1 is 1.58 bits per heavy atom. The second kappa shape index (κ2) is 3.44. The summed E-state index contributed by atoms with van der Waals surface area (Å²) in [6.45, 7) is 3.41. The second-order valence-electron chi connectivity index (χ2n) is 4.14. The van der Waals surface area contributed by atoms with E-state index >= 15 is 0 Å². The van der Waals surface area contributed by atoms with E-state index < -0.39 is 5.41 Å². The van der Waals surface area contributed by atoms with Crippen molar-refractivity contribution in [3.8, 4) is 0 Å². The number of carbonyl (C=O) groups excluding carboxylic acids is 1. The number of nitrogens with one attached hydrogen (secondary N) is 1. The lowest BCUT2D eigenvalue weighted by Crippen LogP contribution is -2.47. The molecule has 2 N–H and O–H groups in total. The molecule has 0 aromatic carbocycles. The summed E-state index contributed by atoms with van der Waals surface area (Å²) in [4.78, 5) is 11.4. The van der Waals surface area contributed by atoms with Crippen LogP contribution in [0.4, 0.5) is 0 Å². The van der Waals surface area contributed by atoms with E-state index in [-0.39, 0.29) is 12.5 Å². The van der Waals surface area contributed by atoms with Crippen molar-refractivity contribution in [1.82, 2.24) is 5.32 Å². The Morgan fingerprint density at radius 2 is 2.17 bits per heavy atom. The molecular formula is C9H17NO2. The molecule has 1 amide bonds. The number of carbonyl (C=O) groups is 1. The van der Waals surface area contributed by atoms with Crippen LogP contribution in [0.25, 0.3) is 0 Å². The van der Waals surface area contributed by atoms with Gasteiger partial charge in [-0.3, -0.25) is 4.79 Å². The maximum absolute atomic E-state index is 11.4. The van der Waals surface area contributed by atoms with Crippen LogP contribution in [-0.4, -0.2) is 23.7 Å². The predicted molar refractivity (Wildman–Crippen MR) is 46.6 cm³/mol. The van der Waals surface area contributed by atoms with Crippen LogP contribution < -0.4 is 5.32 Å². The van der Waals surface area contributed by atoms with Crippen molar-refractivity contribution in [2.45, 2.75) is 39.2 Å². The number of amides is 1. The molecule has 0 aliphatic heterocycles. The molecule has 1 aliphatic carbocycles. The van der Waals surface area contributed by atoms with Crippen LogP contribution in [0.5, 0.6) is 0 Å². The van der Waals surface area contributed by atoms with E-state index in [4.69, 9.17) is 5.11 Å². The molecule has 0 radical (unpaired) electrons. The summed E-state index contributed by atoms with van der Waals surface area (Å²) in [6, 6.07) is 0.364. The molecule has 3 heteroatoms. The van der Waals surface area contributed by atoms with Crippen LogP contribution in [0, 0.1) is 5.41 Å². The van der Waals surface area contributed by atoms with Crippen LogP contribution >= 0.6 is 0 Å². The zero-order valence-electron chi connectivity index (χ0n) is 7.76. The summed E-state index contributed by atoms with van der Waals surface area (Å²) in [7, 11) is 0. The van der Waals surface area contributed by atoms with E-state index in [9.17, 15) is 4.79 Å². The minimum Gasteiger partial charge on any atom is -0.395 e. The molecular weight excluding hydrogens is 154 g/mol. The first-order valence-electron chi connectivity index (χ1n) is 4.48. The number of hydrogen-bond acceptors (Lipinski definition) is 2. The van der Waals surface area contributed by atoms with Gasteiger partial charge in [0.05, 0.1) is 12.0 Å². The van der Waals surface area contributed by atoms with Crippen molar-refractivity contribution in [3.63, 3.8) is 0 Å². The van der Waals surface area contributed by atoms with Gasteiger partial charge < -0.3 is 10.4 Å². The molecule has 0 atom stereocenters. The average Bonchev–Trinajstić information content (AvgIpc) is 1.96. The van der Waals surface area contributed by atoms with Crippen LogP contribution in [0.2, 0.25) is 0 Å². The number of hydrogen-bond donors (Lipinski definition) is 2. The normalized spacial score (nSPS) is 18.6. The molecule has 0 heterocycles. The SMILES string of the molecule is CC(C)(CO)C(=O)NC1CCC1. The van der Waals surface area contributed by atoms with Crippen LogP contribution in [0.3, 0.4) is 0 Å². The van der Waals surface area contributed by atoms with Gasteiger partial charge in [0.25, 0.3) is 0 Å². The lowest BCUT2D eigenvalue weighted by molar-refractivity contribution is -0.132. The lowest BCUT2D eigenvalue weighted by Gasteiger charge is -2.30. The first-order valence-corrected chi connectivity index (χ1v) is 4.48. The number of aliphatic hydroxyl groups is 1. The van der Waals surface area contributed by atoms with Crippen molar-refractivity contribution in [3.05, 3.63) is 0 Å². The molecule has 70 valence electrons. The Bertz CT molecular complexity index is 173. The highest BCUT2D eigenvalue weighted by Gasteiger charge is 2.29. The van der Waals surface area contributed by atoms with Gasteiger partial charge in [0, 0.05) is 6.04 Å². The fourth-order valence-corrected chi connectivity index (χ4v) is 1.01. The summed E-state index contributed by atoms with van der Waals surface area (Å²) < 4.78 is 0. The van der Waals surface area contributed by atoms with Crippen molar-refractivity contribution < 1.29 is 9.90 Å². The maximum Gasteiger partial charge on any atom is 0.228 e. The fraction of sp³-hybridized carbons (Fsp3) is 0.889. The van der Waals surface area contributed by atoms with Gasteiger partial charge in [0.2, 0.25) is 5.91 Å². The Hall–Kier alpha value is -0.570. The van der Waals surface area contributed by atoms with Gasteiger partial charge >= 0.3 is 0 Å². The number of rotatable bonds is 3. The third-order valence-electron chi connectivity index (χ3n) is 2.45. The highest BCUT2D eigenvalue weighted by atomic mass is 16.3. The van der Waals surface area contributed by atoms with Crippen LogP contribution in [-0.2, 0) is 4.79 Å². The minimum atomic E-state index is -0.629. The molecule has 0 aromatic rings. The monoisotopic (exact) mass is 171 g/mol. The average molecular weight is 171 g/mol. The van der Waals surface area contributed by atoms with Crippen LogP contribution in [0.15, 0.2) is 0 Å². The van der Waals surface area contributed by atoms with E-state index in [1.165, 1.54) is 6.42 Å². The molecule has 1 aliphatic rings. The molecule has 12 heavy (non-hydrogen) atoms. The highest BCUT2D eigenvalue weighted by Crippen LogP contribution is 2.21. The van der Waals surface area contributed by atoms with Gasteiger partial charge in [0.1, 0.15) is 0 Å². The fourth-order valence-electron chi connectivity index (χ4n) is 1.01. The molecule has 3 nitrogen and oxygen atoms in total. The van der Waals surface area contributed by atoms with Gasteiger partial charge in [-0.15, -0.1) is 0 Å². The van der Waals surface area contributed by atoms with E-state index in [1.54, 1.807) is 13.8 Å². The molecule has 0 spiro atoms. The molecule has 0 saturated heterocycles. The van der Waals surface area contributed by atoms with Gasteiger partial charge in [-0.05, 0) is 33.1 Å². The van der Waals surface area contributed by atoms with Gasteiger partial charge in [-0.2, -0.15) is 0 Å². The second-order valence-corrected chi connectivity index (χ2v) is 4.14. The standard InChI is InChI=1S/C9H17NO2/c1-9(2,6-11)8(12)10-7-4-3-5-7/h7,11H,3-6H2,1-2H3,(H,10,12). The van der Waals surface area contributed by atoms with E-state index in [0.29, 0.717) is 6.04 Å². The first-order chi connectivity index (χ1) is 5.56. The van der Waals surface area contributed by atoms with E-state index in [2.05, 4.69) is 5.32 Å². The molecule has 1 fully saturated rings. The third kappa shape index (κ3) is 1.97. The zero-order chi connectivity index (χ0) is 9.19. The smallest absolute Gasteiger partial charge is 0.228 e. The zero-order valence-corrected chi connectivity index (χ0v) is 7.76. The van der Waals surface area contributed by atoms with Gasteiger partial charge in [-0.25, -0.2) is 0 Å². The van der Waals surface area contributed by atoms with Crippen molar-refractivity contribution >= 4 is 5.91 Å². The Balaban J connectivity index is 2.35. The largest absolute Gasteiger partial charge is 0.395 e. The van der Waals surface area contributed by atoms with Crippen molar-refractivity contribution in [1.29, 1.82) is 0 Å². The molecule has 0 aromatic heterocycles.